The van der Waals surface area contributed by atoms with Crippen LogP contribution in [0.2, 0.25) is 0 Å². The van der Waals surface area contributed by atoms with E-state index < -0.39 is 12.1 Å². The SMILES string of the molecule is COc1ccc(C(=O)[C@H](C)OC(=O)CSc2nccn2-c2cccc(F)c2)cc1. The van der Waals surface area contributed by atoms with Gasteiger partial charge in [0.05, 0.1) is 18.6 Å². The molecule has 0 saturated heterocycles. The highest BCUT2D eigenvalue weighted by molar-refractivity contribution is 7.99. The van der Waals surface area contributed by atoms with E-state index in [2.05, 4.69) is 4.98 Å². The molecule has 3 rings (SSSR count). The normalized spacial score (nSPS) is 11.7. The smallest absolute Gasteiger partial charge is 0.317 e. The lowest BCUT2D eigenvalue weighted by atomic mass is 10.1. The molecule has 0 spiro atoms. The standard InChI is InChI=1S/C21H19FN2O4S/c1-14(20(26)15-6-8-18(27-2)9-7-15)28-19(25)13-29-21-23-10-11-24(21)17-5-3-4-16(22)12-17/h3-12,14H,13H2,1-2H3/t14-/m0/s1. The van der Waals surface area contributed by atoms with Crippen LogP contribution < -0.4 is 4.74 Å². The maximum Gasteiger partial charge on any atom is 0.317 e. The second-order valence-corrected chi connectivity index (χ2v) is 7.02. The van der Waals surface area contributed by atoms with Crippen molar-refractivity contribution in [2.75, 3.05) is 12.9 Å². The zero-order valence-electron chi connectivity index (χ0n) is 15.9. The van der Waals surface area contributed by atoms with Gasteiger partial charge in [0.25, 0.3) is 0 Å². The van der Waals surface area contributed by atoms with Crippen molar-refractivity contribution in [2.45, 2.75) is 18.2 Å². The summed E-state index contributed by atoms with van der Waals surface area (Å²) in [6.45, 7) is 1.53. The summed E-state index contributed by atoms with van der Waals surface area (Å²) in [6.07, 6.45) is 2.33. The number of halogens is 1. The number of nitrogens with zero attached hydrogens (tertiary/aromatic N) is 2. The minimum Gasteiger partial charge on any atom is -0.497 e. The number of imidazole rings is 1. The summed E-state index contributed by atoms with van der Waals surface area (Å²) in [4.78, 5) is 28.8. The van der Waals surface area contributed by atoms with Gasteiger partial charge in [0.2, 0.25) is 5.78 Å². The molecule has 150 valence electrons. The number of hydrogen-bond acceptors (Lipinski definition) is 6. The predicted molar refractivity (Wildman–Crippen MR) is 107 cm³/mol. The van der Waals surface area contributed by atoms with Gasteiger partial charge in [0.1, 0.15) is 11.6 Å². The average Bonchev–Trinajstić information content (AvgIpc) is 3.20. The number of esters is 1. The van der Waals surface area contributed by atoms with Gasteiger partial charge >= 0.3 is 5.97 Å². The number of benzene rings is 2. The van der Waals surface area contributed by atoms with Crippen molar-refractivity contribution in [3.05, 3.63) is 72.3 Å². The monoisotopic (exact) mass is 414 g/mol. The molecule has 0 fully saturated rings. The molecule has 0 aliphatic rings. The lowest BCUT2D eigenvalue weighted by Gasteiger charge is -2.13. The van der Waals surface area contributed by atoms with Crippen LogP contribution in [0, 0.1) is 5.82 Å². The van der Waals surface area contributed by atoms with Gasteiger partial charge in [-0.3, -0.25) is 14.2 Å². The van der Waals surface area contributed by atoms with Crippen LogP contribution in [-0.4, -0.2) is 40.3 Å². The molecule has 29 heavy (non-hydrogen) atoms. The van der Waals surface area contributed by atoms with E-state index in [1.807, 2.05) is 0 Å². The minimum absolute atomic E-state index is 0.0352. The number of hydrogen-bond donors (Lipinski definition) is 0. The molecule has 0 bridgehead atoms. The van der Waals surface area contributed by atoms with Gasteiger partial charge < -0.3 is 9.47 Å². The summed E-state index contributed by atoms with van der Waals surface area (Å²) < 4.78 is 25.4. The molecule has 0 saturated carbocycles. The number of ketones is 1. The molecule has 1 aromatic heterocycles. The zero-order valence-corrected chi connectivity index (χ0v) is 16.7. The van der Waals surface area contributed by atoms with Gasteiger partial charge in [0, 0.05) is 18.0 Å². The van der Waals surface area contributed by atoms with E-state index in [-0.39, 0.29) is 17.4 Å². The summed E-state index contributed by atoms with van der Waals surface area (Å²) in [5.74, 6) is -0.605. The van der Waals surface area contributed by atoms with Gasteiger partial charge in [0.15, 0.2) is 11.3 Å². The topological polar surface area (TPSA) is 70.4 Å². The summed E-state index contributed by atoms with van der Waals surface area (Å²) in [5, 5.41) is 0.515. The number of carbonyl (C=O) groups excluding carboxylic acids is 2. The minimum atomic E-state index is -0.917. The molecule has 0 amide bonds. The Kier molecular flexibility index (Phi) is 6.66. The maximum absolute atomic E-state index is 13.5. The first-order valence-corrected chi connectivity index (χ1v) is 9.76. The Morgan fingerprint density at radius 2 is 1.97 bits per heavy atom. The van der Waals surface area contributed by atoms with E-state index >= 15 is 0 Å². The molecule has 1 heterocycles. The largest absolute Gasteiger partial charge is 0.497 e. The van der Waals surface area contributed by atoms with Crippen molar-refractivity contribution in [3.8, 4) is 11.4 Å². The second kappa shape index (κ2) is 9.38. The summed E-state index contributed by atoms with van der Waals surface area (Å²) >= 11 is 1.14. The Bertz CT molecular complexity index is 1000. The second-order valence-electron chi connectivity index (χ2n) is 6.07. The van der Waals surface area contributed by atoms with Crippen LogP contribution in [0.25, 0.3) is 5.69 Å². The molecule has 0 N–H and O–H groups in total. The Morgan fingerprint density at radius 1 is 1.21 bits per heavy atom. The molecule has 3 aromatic rings. The first kappa shape index (κ1) is 20.6. The van der Waals surface area contributed by atoms with Crippen LogP contribution in [0.3, 0.4) is 0 Å². The zero-order chi connectivity index (χ0) is 20.8. The highest BCUT2D eigenvalue weighted by Crippen LogP contribution is 2.21. The average molecular weight is 414 g/mol. The third-order valence-electron chi connectivity index (χ3n) is 4.06. The quantitative estimate of drug-likeness (QED) is 0.316. The fraction of sp³-hybridized carbons (Fsp3) is 0.190. The van der Waals surface area contributed by atoms with Crippen LogP contribution in [0.4, 0.5) is 4.39 Å². The van der Waals surface area contributed by atoms with Crippen LogP contribution in [-0.2, 0) is 9.53 Å². The predicted octanol–water partition coefficient (Wildman–Crippen LogP) is 3.93. The first-order chi connectivity index (χ1) is 14.0. The third kappa shape index (κ3) is 5.23. The van der Waals surface area contributed by atoms with Crippen molar-refractivity contribution in [3.63, 3.8) is 0 Å². The molecule has 2 aromatic carbocycles. The summed E-state index contributed by atoms with van der Waals surface area (Å²) in [7, 11) is 1.54. The first-order valence-electron chi connectivity index (χ1n) is 8.78. The fourth-order valence-corrected chi connectivity index (χ4v) is 3.37. The van der Waals surface area contributed by atoms with Crippen molar-refractivity contribution in [2.24, 2.45) is 0 Å². The molecule has 0 unspecified atom stereocenters. The van der Waals surface area contributed by atoms with Crippen molar-refractivity contribution < 1.29 is 23.5 Å². The Hall–Kier alpha value is -3.13. The van der Waals surface area contributed by atoms with Gasteiger partial charge in [-0.15, -0.1) is 0 Å². The molecule has 0 radical (unpaired) electrons. The van der Waals surface area contributed by atoms with Crippen LogP contribution in [0.5, 0.6) is 5.75 Å². The van der Waals surface area contributed by atoms with E-state index in [0.717, 1.165) is 11.8 Å². The van der Waals surface area contributed by atoms with Gasteiger partial charge in [-0.1, -0.05) is 17.8 Å². The summed E-state index contributed by atoms with van der Waals surface area (Å²) in [6, 6.07) is 12.6. The van der Waals surface area contributed by atoms with E-state index in [4.69, 9.17) is 9.47 Å². The van der Waals surface area contributed by atoms with Gasteiger partial charge in [-0.25, -0.2) is 9.37 Å². The molecule has 0 aliphatic carbocycles. The molecule has 8 heteroatoms. The Morgan fingerprint density at radius 3 is 2.66 bits per heavy atom. The fourth-order valence-electron chi connectivity index (χ4n) is 2.62. The number of aromatic nitrogens is 2. The molecule has 0 aliphatic heterocycles. The Labute approximate surface area is 171 Å². The van der Waals surface area contributed by atoms with E-state index in [1.165, 1.54) is 19.1 Å². The molecule has 6 nitrogen and oxygen atoms in total. The highest BCUT2D eigenvalue weighted by Gasteiger charge is 2.20. The molecule has 1 atom stereocenters. The van der Waals surface area contributed by atoms with Crippen LogP contribution >= 0.6 is 11.8 Å². The Balaban J connectivity index is 1.57. The number of carbonyl (C=O) groups is 2. The van der Waals surface area contributed by atoms with E-state index in [9.17, 15) is 14.0 Å². The highest BCUT2D eigenvalue weighted by atomic mass is 32.2. The number of rotatable bonds is 8. The number of methoxy groups -OCH3 is 1. The number of thioether (sulfide) groups is 1. The van der Waals surface area contributed by atoms with Gasteiger partial charge in [-0.2, -0.15) is 0 Å². The van der Waals surface area contributed by atoms with E-state index in [0.29, 0.717) is 22.2 Å². The van der Waals surface area contributed by atoms with Crippen LogP contribution in [0.1, 0.15) is 17.3 Å². The molecular formula is C21H19FN2O4S. The van der Waals surface area contributed by atoms with Crippen molar-refractivity contribution in [1.82, 2.24) is 9.55 Å². The van der Waals surface area contributed by atoms with E-state index in [1.54, 1.807) is 60.5 Å². The van der Waals surface area contributed by atoms with Crippen LogP contribution in [0.15, 0.2) is 66.1 Å². The maximum atomic E-state index is 13.5. The number of Topliss-reactive ketones (excluding diaryl/α,β-unsaturated/α-hetero) is 1. The lowest BCUT2D eigenvalue weighted by molar-refractivity contribution is -0.143. The van der Waals surface area contributed by atoms with Crippen molar-refractivity contribution in [1.29, 1.82) is 0 Å². The summed E-state index contributed by atoms with van der Waals surface area (Å²) in [5.41, 5.74) is 1.03. The lowest BCUT2D eigenvalue weighted by Crippen LogP contribution is -2.25. The molecular weight excluding hydrogens is 395 g/mol. The number of ether oxygens (including phenoxy) is 2. The van der Waals surface area contributed by atoms with Crippen molar-refractivity contribution >= 4 is 23.5 Å². The third-order valence-corrected chi connectivity index (χ3v) is 5.00. The van der Waals surface area contributed by atoms with Gasteiger partial charge in [-0.05, 0) is 49.4 Å².